The van der Waals surface area contributed by atoms with Crippen LogP contribution in [0.25, 0.3) is 29.2 Å². The molecular weight excluding hydrogens is 522 g/mol. The smallest absolute Gasteiger partial charge is 0.218 e. The van der Waals surface area contributed by atoms with Gasteiger partial charge in [0.05, 0.1) is 0 Å². The second-order valence-corrected chi connectivity index (χ2v) is 13.8. The van der Waals surface area contributed by atoms with Crippen LogP contribution in [0, 0.1) is 33.6 Å². The highest BCUT2D eigenvalue weighted by Gasteiger charge is 2.28. The van der Waals surface area contributed by atoms with Crippen LogP contribution >= 0.6 is 0 Å². The van der Waals surface area contributed by atoms with E-state index in [9.17, 15) is 0 Å². The number of allylic oxidation sites excluding steroid dienone is 1. The summed E-state index contributed by atoms with van der Waals surface area (Å²) >= 11 is 0. The molecule has 228 valence electrons. The van der Waals surface area contributed by atoms with Crippen LogP contribution in [0.15, 0.2) is 66.4 Å². The summed E-state index contributed by atoms with van der Waals surface area (Å²) in [6.45, 7) is 22.5. The normalized spacial score (nSPS) is 17.5. The lowest BCUT2D eigenvalue weighted by molar-refractivity contribution is -0.555. The molecule has 2 heterocycles. The van der Waals surface area contributed by atoms with Gasteiger partial charge < -0.3 is 10.6 Å². The van der Waals surface area contributed by atoms with Crippen molar-refractivity contribution in [1.29, 1.82) is 0 Å². The molecule has 0 saturated carbocycles. The average molecular weight is 577 g/mol. The molecule has 0 fully saturated rings. The molecular formula is C40H54N3+. The predicted octanol–water partition coefficient (Wildman–Crippen LogP) is 9.16. The van der Waals surface area contributed by atoms with E-state index in [-0.39, 0.29) is 11.5 Å². The fourth-order valence-corrected chi connectivity index (χ4v) is 6.28. The zero-order valence-corrected chi connectivity index (χ0v) is 28.5. The van der Waals surface area contributed by atoms with Gasteiger partial charge in [-0.25, -0.2) is 0 Å². The third-order valence-corrected chi connectivity index (χ3v) is 9.66. The van der Waals surface area contributed by atoms with Crippen molar-refractivity contribution in [2.45, 2.75) is 99.6 Å². The maximum absolute atomic E-state index is 6.31. The first-order valence-electron chi connectivity index (χ1n) is 16.0. The first-order chi connectivity index (χ1) is 20.2. The van der Waals surface area contributed by atoms with Gasteiger partial charge >= 0.3 is 0 Å². The van der Waals surface area contributed by atoms with E-state index in [1.54, 1.807) is 0 Å². The Hall–Kier alpha value is -3.43. The van der Waals surface area contributed by atoms with Gasteiger partial charge in [-0.1, -0.05) is 58.0 Å². The maximum atomic E-state index is 6.31. The summed E-state index contributed by atoms with van der Waals surface area (Å²) in [5.74, 6) is 0.378. The van der Waals surface area contributed by atoms with Gasteiger partial charge in [-0.2, -0.15) is 4.57 Å². The third-order valence-electron chi connectivity index (χ3n) is 9.66. The SMILES string of the molecule is CCC(/C=C\C1=C(c2cc(C)c(C)c(C)c2/C=C\[n+]2ccc(C(C)(C)C)cc2-c2ccccc2C)N(C)C(C)C1)C(C)N. The molecule has 2 aromatic carbocycles. The molecule has 43 heavy (non-hydrogen) atoms. The van der Waals surface area contributed by atoms with Gasteiger partial charge in [0.25, 0.3) is 0 Å². The van der Waals surface area contributed by atoms with Gasteiger partial charge in [-0.15, -0.1) is 0 Å². The van der Waals surface area contributed by atoms with Crippen LogP contribution in [0.4, 0.5) is 0 Å². The Bertz CT molecular complexity index is 1560. The first-order valence-corrected chi connectivity index (χ1v) is 16.0. The lowest BCUT2D eigenvalue weighted by Gasteiger charge is -2.25. The van der Waals surface area contributed by atoms with Crippen LogP contribution in [0.5, 0.6) is 0 Å². The lowest BCUT2D eigenvalue weighted by Crippen LogP contribution is -2.30. The molecule has 0 bridgehead atoms. The van der Waals surface area contributed by atoms with Gasteiger partial charge in [-0.05, 0) is 117 Å². The number of rotatable bonds is 8. The molecule has 1 aliphatic heterocycles. The summed E-state index contributed by atoms with van der Waals surface area (Å²) in [6, 6.07) is 16.3. The number of hydrogen-bond donors (Lipinski definition) is 1. The second-order valence-electron chi connectivity index (χ2n) is 13.8. The summed E-state index contributed by atoms with van der Waals surface area (Å²) in [7, 11) is 2.25. The Labute approximate surface area is 261 Å². The van der Waals surface area contributed by atoms with Crippen LogP contribution in [0.2, 0.25) is 0 Å². The highest BCUT2D eigenvalue weighted by Crippen LogP contribution is 2.39. The number of pyridine rings is 1. The number of nitrogens with two attached hydrogens (primary N) is 1. The number of aromatic nitrogens is 1. The minimum Gasteiger partial charge on any atom is -0.371 e. The quantitative estimate of drug-likeness (QED) is 0.271. The van der Waals surface area contributed by atoms with Gasteiger partial charge in [0, 0.05) is 54.2 Å². The van der Waals surface area contributed by atoms with Crippen molar-refractivity contribution < 1.29 is 4.57 Å². The van der Waals surface area contributed by atoms with E-state index in [0.29, 0.717) is 12.0 Å². The minimum absolute atomic E-state index is 0.0662. The third kappa shape index (κ3) is 6.88. The largest absolute Gasteiger partial charge is 0.371 e. The molecule has 0 aliphatic carbocycles. The highest BCUT2D eigenvalue weighted by molar-refractivity contribution is 5.82. The van der Waals surface area contributed by atoms with E-state index in [1.165, 1.54) is 61.5 Å². The summed E-state index contributed by atoms with van der Waals surface area (Å²) in [5, 5.41) is 0. The highest BCUT2D eigenvalue weighted by atomic mass is 15.2. The molecule has 0 spiro atoms. The molecule has 3 unspecified atom stereocenters. The Morgan fingerprint density at radius 2 is 1.67 bits per heavy atom. The van der Waals surface area contributed by atoms with Gasteiger partial charge in [0.1, 0.15) is 0 Å². The molecule has 0 amide bonds. The van der Waals surface area contributed by atoms with Crippen molar-refractivity contribution in [2.24, 2.45) is 11.7 Å². The summed E-state index contributed by atoms with van der Waals surface area (Å²) in [6.07, 6.45) is 13.6. The van der Waals surface area contributed by atoms with Crippen LogP contribution in [-0.4, -0.2) is 24.0 Å². The van der Waals surface area contributed by atoms with Crippen LogP contribution in [0.1, 0.15) is 93.3 Å². The topological polar surface area (TPSA) is 33.1 Å². The van der Waals surface area contributed by atoms with Gasteiger partial charge in [0.15, 0.2) is 12.4 Å². The summed E-state index contributed by atoms with van der Waals surface area (Å²) in [5.41, 5.74) is 20.8. The number of benzene rings is 2. The zero-order chi connectivity index (χ0) is 31.6. The van der Waals surface area contributed by atoms with Crippen molar-refractivity contribution in [3.8, 4) is 11.3 Å². The Morgan fingerprint density at radius 3 is 2.30 bits per heavy atom. The van der Waals surface area contributed by atoms with Crippen LogP contribution < -0.4 is 10.3 Å². The monoisotopic (exact) mass is 576 g/mol. The van der Waals surface area contributed by atoms with Crippen LogP contribution in [0.3, 0.4) is 0 Å². The van der Waals surface area contributed by atoms with Crippen molar-refractivity contribution >= 4 is 18.0 Å². The van der Waals surface area contributed by atoms with E-state index >= 15 is 0 Å². The number of nitrogens with zero attached hydrogens (tertiary/aromatic N) is 2. The average Bonchev–Trinajstić information content (AvgIpc) is 3.23. The van der Waals surface area contributed by atoms with Gasteiger partial charge in [-0.3, -0.25) is 0 Å². The van der Waals surface area contributed by atoms with Crippen LogP contribution in [-0.2, 0) is 5.41 Å². The Morgan fingerprint density at radius 1 is 0.977 bits per heavy atom. The minimum atomic E-state index is 0.0662. The molecule has 3 nitrogen and oxygen atoms in total. The van der Waals surface area contributed by atoms with E-state index in [1.807, 2.05) is 0 Å². The van der Waals surface area contributed by atoms with E-state index in [2.05, 4.69) is 159 Å². The van der Waals surface area contributed by atoms with E-state index in [4.69, 9.17) is 5.73 Å². The Balaban J connectivity index is 1.92. The number of hydrogen-bond acceptors (Lipinski definition) is 2. The predicted molar refractivity (Wildman–Crippen MR) is 187 cm³/mol. The molecule has 1 aromatic heterocycles. The maximum Gasteiger partial charge on any atom is 0.218 e. The molecule has 2 N–H and O–H groups in total. The first kappa shape index (κ1) is 32.5. The summed E-state index contributed by atoms with van der Waals surface area (Å²) < 4.78 is 2.29. The van der Waals surface area contributed by atoms with Gasteiger partial charge in [0.2, 0.25) is 5.69 Å². The lowest BCUT2D eigenvalue weighted by atomic mass is 9.86. The molecule has 0 saturated heterocycles. The number of aryl methyl sites for hydroxylation is 2. The molecule has 0 radical (unpaired) electrons. The Kier molecular flexibility index (Phi) is 9.86. The van der Waals surface area contributed by atoms with Crippen molar-refractivity contribution in [1.82, 2.24) is 4.90 Å². The van der Waals surface area contributed by atoms with Crippen molar-refractivity contribution in [3.63, 3.8) is 0 Å². The van der Waals surface area contributed by atoms with Crippen molar-refractivity contribution in [3.05, 3.63) is 105 Å². The van der Waals surface area contributed by atoms with Crippen molar-refractivity contribution in [2.75, 3.05) is 7.05 Å². The second kappa shape index (κ2) is 13.1. The van der Waals surface area contributed by atoms with E-state index < -0.39 is 0 Å². The summed E-state index contributed by atoms with van der Waals surface area (Å²) in [4.78, 5) is 2.47. The molecule has 3 heteroatoms. The van der Waals surface area contributed by atoms with E-state index in [0.717, 1.165) is 12.8 Å². The standard InChI is InChI=1S/C40H54N3/c1-12-32(31(7)41)17-18-33-24-28(4)42(11)39(33)37-23-27(3)29(5)30(6)36(37)20-22-43-21-19-34(40(8,9)10)25-38(43)35-16-14-13-15-26(35)2/h13-23,25,28,31-32H,12,24,41H2,1-11H3/q+1/b18-17-,22-20-. The fraction of sp³-hybridized carbons (Fsp3) is 0.425. The molecule has 1 aliphatic rings. The molecule has 3 atom stereocenters. The fourth-order valence-electron chi connectivity index (χ4n) is 6.28. The molecule has 3 aromatic rings. The molecule has 4 rings (SSSR count). The zero-order valence-electron chi connectivity index (χ0n) is 28.5.